The van der Waals surface area contributed by atoms with E-state index in [-0.39, 0.29) is 11.5 Å². The molecule has 3 nitrogen and oxygen atoms in total. The molecule has 1 amide bonds. The van der Waals surface area contributed by atoms with Crippen LogP contribution in [-0.2, 0) is 4.79 Å². The van der Waals surface area contributed by atoms with Gasteiger partial charge in [-0.3, -0.25) is 4.79 Å². The van der Waals surface area contributed by atoms with Gasteiger partial charge in [-0.2, -0.15) is 0 Å². The summed E-state index contributed by atoms with van der Waals surface area (Å²) >= 11 is 5.19. The second-order valence-electron chi connectivity index (χ2n) is 7.00. The molecule has 1 saturated heterocycles. The number of rotatable bonds is 4. The third kappa shape index (κ3) is 3.16. The molecule has 20 heavy (non-hydrogen) atoms. The molecule has 2 rings (SSSR count). The van der Waals surface area contributed by atoms with Crippen LogP contribution >= 0.6 is 12.2 Å². The average Bonchev–Trinajstić information content (AvgIpc) is 2.86. The van der Waals surface area contributed by atoms with E-state index in [1.54, 1.807) is 0 Å². The van der Waals surface area contributed by atoms with Gasteiger partial charge in [0, 0.05) is 12.0 Å². The van der Waals surface area contributed by atoms with E-state index < -0.39 is 0 Å². The smallest absolute Gasteiger partial charge is 0.229 e. The second kappa shape index (κ2) is 6.42. The number of carbonyl (C=O) groups is 1. The van der Waals surface area contributed by atoms with Crippen LogP contribution in [0.1, 0.15) is 65.2 Å². The number of hydrogen-bond acceptors (Lipinski definition) is 2. The first-order valence-electron chi connectivity index (χ1n) is 8.07. The summed E-state index contributed by atoms with van der Waals surface area (Å²) in [6, 6.07) is -0.00381. The molecule has 114 valence electrons. The molecule has 2 fully saturated rings. The van der Waals surface area contributed by atoms with Gasteiger partial charge in [-0.05, 0) is 44.4 Å². The first-order valence-corrected chi connectivity index (χ1v) is 8.47. The van der Waals surface area contributed by atoms with Crippen molar-refractivity contribution in [1.82, 2.24) is 4.90 Å². The molecule has 1 unspecified atom stereocenters. The summed E-state index contributed by atoms with van der Waals surface area (Å²) in [7, 11) is 0. The fourth-order valence-electron chi connectivity index (χ4n) is 4.11. The predicted octanol–water partition coefficient (Wildman–Crippen LogP) is 3.26. The molecular weight excluding hydrogens is 268 g/mol. The molecule has 1 saturated carbocycles. The quantitative estimate of drug-likeness (QED) is 0.810. The van der Waals surface area contributed by atoms with E-state index in [9.17, 15) is 4.79 Å². The molecule has 1 heterocycles. The lowest BCUT2D eigenvalue weighted by molar-refractivity contribution is -0.145. The SMILES string of the molecule is CC(C)CC1(C(=O)N2CCCCC2C(N)=S)CCCC1. The first kappa shape index (κ1) is 15.7. The van der Waals surface area contributed by atoms with E-state index in [0.29, 0.717) is 16.8 Å². The Hall–Kier alpha value is -0.640. The largest absolute Gasteiger partial charge is 0.392 e. The fourth-order valence-corrected chi connectivity index (χ4v) is 4.36. The summed E-state index contributed by atoms with van der Waals surface area (Å²) in [5.41, 5.74) is 5.75. The van der Waals surface area contributed by atoms with Crippen LogP contribution in [0.15, 0.2) is 0 Å². The number of likely N-dealkylation sites (tertiary alicyclic amines) is 1. The van der Waals surface area contributed by atoms with E-state index in [0.717, 1.165) is 45.1 Å². The number of thiocarbonyl (C=S) groups is 1. The van der Waals surface area contributed by atoms with Crippen molar-refractivity contribution < 1.29 is 4.79 Å². The molecule has 2 aliphatic rings. The van der Waals surface area contributed by atoms with Gasteiger partial charge in [0.1, 0.15) is 0 Å². The Kier molecular flexibility index (Phi) is 5.05. The van der Waals surface area contributed by atoms with E-state index in [2.05, 4.69) is 13.8 Å². The van der Waals surface area contributed by atoms with Gasteiger partial charge in [0.2, 0.25) is 5.91 Å². The van der Waals surface area contributed by atoms with E-state index in [4.69, 9.17) is 18.0 Å². The maximum Gasteiger partial charge on any atom is 0.229 e. The Balaban J connectivity index is 2.19. The van der Waals surface area contributed by atoms with Gasteiger partial charge in [-0.1, -0.05) is 38.9 Å². The Morgan fingerprint density at radius 2 is 1.95 bits per heavy atom. The van der Waals surface area contributed by atoms with Crippen LogP contribution in [0.4, 0.5) is 0 Å². The van der Waals surface area contributed by atoms with Crippen molar-refractivity contribution in [2.45, 2.75) is 71.3 Å². The zero-order chi connectivity index (χ0) is 14.8. The molecule has 1 aliphatic heterocycles. The summed E-state index contributed by atoms with van der Waals surface area (Å²) in [5.74, 6) is 0.895. The fraction of sp³-hybridized carbons (Fsp3) is 0.875. The zero-order valence-electron chi connectivity index (χ0n) is 12.9. The number of amides is 1. The predicted molar refractivity (Wildman–Crippen MR) is 86.5 cm³/mol. The Bertz CT molecular complexity index is 375. The van der Waals surface area contributed by atoms with Crippen LogP contribution in [0.2, 0.25) is 0 Å². The summed E-state index contributed by atoms with van der Waals surface area (Å²) < 4.78 is 0. The van der Waals surface area contributed by atoms with Crippen molar-refractivity contribution >= 4 is 23.1 Å². The molecule has 1 atom stereocenters. The number of nitrogens with two attached hydrogens (primary N) is 1. The molecule has 0 spiro atoms. The van der Waals surface area contributed by atoms with E-state index in [1.807, 2.05) is 4.90 Å². The standard InChI is InChI=1S/C16H28N2OS/c1-12(2)11-16(8-4-5-9-16)15(19)18-10-6-3-7-13(18)14(17)20/h12-13H,3-11H2,1-2H3,(H2,17,20). The van der Waals surface area contributed by atoms with E-state index in [1.165, 1.54) is 12.8 Å². The highest BCUT2D eigenvalue weighted by Gasteiger charge is 2.45. The van der Waals surface area contributed by atoms with Crippen molar-refractivity contribution in [3.8, 4) is 0 Å². The highest BCUT2D eigenvalue weighted by Crippen LogP contribution is 2.45. The van der Waals surface area contributed by atoms with Gasteiger partial charge in [0.25, 0.3) is 0 Å². The van der Waals surface area contributed by atoms with E-state index >= 15 is 0 Å². The normalized spacial score (nSPS) is 25.9. The molecule has 0 aromatic rings. The Labute approximate surface area is 128 Å². The zero-order valence-corrected chi connectivity index (χ0v) is 13.7. The van der Waals surface area contributed by atoms with Crippen molar-refractivity contribution in [3.63, 3.8) is 0 Å². The highest BCUT2D eigenvalue weighted by molar-refractivity contribution is 7.80. The molecule has 2 N–H and O–H groups in total. The first-order chi connectivity index (χ1) is 9.46. The van der Waals surface area contributed by atoms with Crippen molar-refractivity contribution in [2.24, 2.45) is 17.1 Å². The van der Waals surface area contributed by atoms with Gasteiger partial charge in [0.15, 0.2) is 0 Å². The minimum absolute atomic E-state index is 0.00381. The van der Waals surface area contributed by atoms with Crippen LogP contribution in [0.3, 0.4) is 0 Å². The monoisotopic (exact) mass is 296 g/mol. The van der Waals surface area contributed by atoms with Gasteiger partial charge < -0.3 is 10.6 Å². The Morgan fingerprint density at radius 1 is 1.30 bits per heavy atom. The van der Waals surface area contributed by atoms with Crippen LogP contribution in [0.25, 0.3) is 0 Å². The molecule has 0 radical (unpaired) electrons. The molecule has 0 aromatic carbocycles. The minimum Gasteiger partial charge on any atom is -0.392 e. The molecular formula is C16H28N2OS. The van der Waals surface area contributed by atoms with Crippen LogP contribution in [0.5, 0.6) is 0 Å². The third-order valence-electron chi connectivity index (χ3n) is 4.91. The lowest BCUT2D eigenvalue weighted by Crippen LogP contribution is -2.54. The molecule has 0 aromatic heterocycles. The summed E-state index contributed by atoms with van der Waals surface area (Å²) in [4.78, 5) is 15.7. The lowest BCUT2D eigenvalue weighted by Gasteiger charge is -2.41. The summed E-state index contributed by atoms with van der Waals surface area (Å²) in [5, 5.41) is 0. The second-order valence-corrected chi connectivity index (χ2v) is 7.47. The molecule has 4 heteroatoms. The number of carbonyl (C=O) groups excluding carboxylic acids is 1. The van der Waals surface area contributed by atoms with Crippen LogP contribution in [0, 0.1) is 11.3 Å². The van der Waals surface area contributed by atoms with Crippen LogP contribution in [-0.4, -0.2) is 28.4 Å². The van der Waals surface area contributed by atoms with Crippen molar-refractivity contribution in [3.05, 3.63) is 0 Å². The average molecular weight is 296 g/mol. The maximum absolute atomic E-state index is 13.2. The molecule has 0 bridgehead atoms. The van der Waals surface area contributed by atoms with Crippen LogP contribution < -0.4 is 5.73 Å². The maximum atomic E-state index is 13.2. The minimum atomic E-state index is -0.130. The lowest BCUT2D eigenvalue weighted by atomic mass is 9.76. The number of nitrogens with zero attached hydrogens (tertiary/aromatic N) is 1. The van der Waals surface area contributed by atoms with Gasteiger partial charge in [-0.25, -0.2) is 0 Å². The summed E-state index contributed by atoms with van der Waals surface area (Å²) in [6.07, 6.45) is 8.63. The third-order valence-corrected chi connectivity index (χ3v) is 5.18. The van der Waals surface area contributed by atoms with Crippen molar-refractivity contribution in [1.29, 1.82) is 0 Å². The van der Waals surface area contributed by atoms with Gasteiger partial charge >= 0.3 is 0 Å². The topological polar surface area (TPSA) is 46.3 Å². The highest BCUT2D eigenvalue weighted by atomic mass is 32.1. The number of hydrogen-bond donors (Lipinski definition) is 1. The van der Waals surface area contributed by atoms with Gasteiger partial charge in [-0.15, -0.1) is 0 Å². The number of piperidine rings is 1. The van der Waals surface area contributed by atoms with Gasteiger partial charge in [0.05, 0.1) is 11.0 Å². The summed E-state index contributed by atoms with van der Waals surface area (Å²) in [6.45, 7) is 5.27. The molecule has 1 aliphatic carbocycles. The van der Waals surface area contributed by atoms with Crippen molar-refractivity contribution in [2.75, 3.05) is 6.54 Å². The Morgan fingerprint density at radius 3 is 2.50 bits per heavy atom.